The summed E-state index contributed by atoms with van der Waals surface area (Å²) < 4.78 is 12.9. The van der Waals surface area contributed by atoms with Crippen molar-refractivity contribution in [3.8, 4) is 0 Å². The molecule has 1 aromatic carbocycles. The van der Waals surface area contributed by atoms with Gasteiger partial charge in [0, 0.05) is 0 Å². The summed E-state index contributed by atoms with van der Waals surface area (Å²) in [5, 5.41) is 0.795. The van der Waals surface area contributed by atoms with Crippen LogP contribution in [0.1, 0.15) is 59.3 Å². The van der Waals surface area contributed by atoms with Crippen molar-refractivity contribution in [3.63, 3.8) is 0 Å². The molecule has 26 heavy (non-hydrogen) atoms. The van der Waals surface area contributed by atoms with Gasteiger partial charge < -0.3 is 0 Å². The van der Waals surface area contributed by atoms with Crippen molar-refractivity contribution < 1.29 is 4.42 Å². The Hall–Kier alpha value is 0.0587. The minimum absolute atomic E-state index is 0.795. The summed E-state index contributed by atoms with van der Waals surface area (Å²) in [6.45, 7) is 6.92. The van der Waals surface area contributed by atoms with Crippen LogP contribution in [0.15, 0.2) is 49.5 Å². The Kier molecular flexibility index (Phi) is 10.1. The Balaban J connectivity index is 2.32. The van der Waals surface area contributed by atoms with Crippen molar-refractivity contribution in [2.45, 2.75) is 82.7 Å². The molecule has 5 heteroatoms. The van der Waals surface area contributed by atoms with Gasteiger partial charge in [-0.3, -0.25) is 0 Å². The van der Waals surface area contributed by atoms with Crippen LogP contribution >= 0.6 is 27.7 Å². The predicted octanol–water partition coefficient (Wildman–Crippen LogP) is 7.64. The first-order valence-corrected chi connectivity index (χ1v) is 19.1. The van der Waals surface area contributed by atoms with E-state index in [1.54, 1.807) is 11.8 Å². The van der Waals surface area contributed by atoms with Gasteiger partial charge in [0.05, 0.1) is 0 Å². The third-order valence-corrected chi connectivity index (χ3v) is 22.4. The third kappa shape index (κ3) is 6.30. The molecule has 0 radical (unpaired) electrons. The maximum absolute atomic E-state index is 6.47. The zero-order chi connectivity index (χ0) is 18.8. The Morgan fingerprint density at radius 1 is 0.923 bits per heavy atom. The van der Waals surface area contributed by atoms with Gasteiger partial charge in [0.15, 0.2) is 0 Å². The number of halogens is 1. The number of unbranched alkanes of at least 4 members (excludes halogenated alkanes) is 3. The normalized spacial score (nSPS) is 11.8. The van der Waals surface area contributed by atoms with Gasteiger partial charge in [0.25, 0.3) is 0 Å². The average molecular weight is 545 g/mol. The van der Waals surface area contributed by atoms with E-state index in [-0.39, 0.29) is 0 Å². The SMILES string of the molecule is CCC[CH2][Sn]([CH2]CCC)([CH2]CCC)[c]1oc(Sc2ccccc2)nc1Br. The molecule has 0 fully saturated rings. The second-order valence-electron chi connectivity index (χ2n) is 7.11. The second kappa shape index (κ2) is 11.8. The molecule has 0 N–H and O–H groups in total. The van der Waals surface area contributed by atoms with E-state index >= 15 is 0 Å². The van der Waals surface area contributed by atoms with E-state index in [2.05, 4.69) is 61.0 Å². The molecule has 1 heterocycles. The molecule has 2 nitrogen and oxygen atoms in total. The van der Waals surface area contributed by atoms with Gasteiger partial charge in [-0.15, -0.1) is 0 Å². The van der Waals surface area contributed by atoms with Gasteiger partial charge >= 0.3 is 177 Å². The molecule has 0 atom stereocenters. The Labute approximate surface area is 175 Å². The monoisotopic (exact) mass is 545 g/mol. The van der Waals surface area contributed by atoms with Crippen LogP contribution in [-0.2, 0) is 0 Å². The van der Waals surface area contributed by atoms with Gasteiger partial charge in [0.1, 0.15) is 0 Å². The summed E-state index contributed by atoms with van der Waals surface area (Å²) in [6, 6.07) is 10.4. The summed E-state index contributed by atoms with van der Waals surface area (Å²) in [5.74, 6) is 0. The van der Waals surface area contributed by atoms with Crippen LogP contribution in [0.3, 0.4) is 0 Å². The summed E-state index contributed by atoms with van der Waals surface area (Å²) in [5.41, 5.74) is 0. The molecule has 0 bridgehead atoms. The first kappa shape index (κ1) is 22.3. The first-order chi connectivity index (χ1) is 12.6. The molecule has 0 amide bonds. The van der Waals surface area contributed by atoms with E-state index in [9.17, 15) is 0 Å². The molecule has 0 aliphatic rings. The Bertz CT molecular complexity index is 625. The first-order valence-electron chi connectivity index (χ1n) is 10.0. The second-order valence-corrected chi connectivity index (χ2v) is 21.8. The van der Waals surface area contributed by atoms with E-state index in [0.717, 1.165) is 9.83 Å². The molecule has 1 aromatic heterocycles. The molecule has 144 valence electrons. The molecular formula is C21H32BrNOSSn. The van der Waals surface area contributed by atoms with Crippen LogP contribution < -0.4 is 3.78 Å². The van der Waals surface area contributed by atoms with Crippen molar-refractivity contribution >= 4 is 49.8 Å². The number of hydrogen-bond donors (Lipinski definition) is 0. The average Bonchev–Trinajstić information content (AvgIpc) is 3.03. The van der Waals surface area contributed by atoms with Crippen LogP contribution in [0, 0.1) is 0 Å². The summed E-state index contributed by atoms with van der Waals surface area (Å²) in [4.78, 5) is 5.95. The van der Waals surface area contributed by atoms with E-state index in [1.165, 1.54) is 60.5 Å². The number of oxazole rings is 1. The minimum atomic E-state index is -2.58. The maximum atomic E-state index is 6.47. The number of hydrogen-bond acceptors (Lipinski definition) is 3. The molecule has 0 unspecified atom stereocenters. The van der Waals surface area contributed by atoms with Gasteiger partial charge in [0.2, 0.25) is 0 Å². The van der Waals surface area contributed by atoms with Crippen molar-refractivity contribution in [1.29, 1.82) is 0 Å². The topological polar surface area (TPSA) is 26.0 Å². The van der Waals surface area contributed by atoms with Gasteiger partial charge in [-0.2, -0.15) is 0 Å². The predicted molar refractivity (Wildman–Crippen MR) is 119 cm³/mol. The van der Waals surface area contributed by atoms with E-state index in [4.69, 9.17) is 9.40 Å². The van der Waals surface area contributed by atoms with Crippen LogP contribution in [0.4, 0.5) is 0 Å². The zero-order valence-electron chi connectivity index (χ0n) is 16.4. The molecule has 2 aromatic rings. The summed E-state index contributed by atoms with van der Waals surface area (Å²) >= 11 is 2.84. The fourth-order valence-electron chi connectivity index (χ4n) is 3.50. The zero-order valence-corrected chi connectivity index (χ0v) is 21.6. The van der Waals surface area contributed by atoms with Crippen LogP contribution in [0.25, 0.3) is 0 Å². The molecule has 0 saturated carbocycles. The van der Waals surface area contributed by atoms with Gasteiger partial charge in [-0.25, -0.2) is 0 Å². The fraction of sp³-hybridized carbons (Fsp3) is 0.571. The summed E-state index contributed by atoms with van der Waals surface area (Å²) in [6.07, 6.45) is 7.81. The molecule has 0 aliphatic heterocycles. The standard InChI is InChI=1S/C9H5BrNOS.3C4H9.Sn/c10-8-6-12-9(11-8)13-7-4-2-1-3-5-7;3*1-3-4-2;/h1-5H;3*1,3-4H2,2H3;. The Morgan fingerprint density at radius 2 is 1.46 bits per heavy atom. The van der Waals surface area contributed by atoms with E-state index < -0.39 is 18.4 Å². The quantitative estimate of drug-likeness (QED) is 0.257. The van der Waals surface area contributed by atoms with Gasteiger partial charge in [-0.05, 0) is 0 Å². The molecule has 0 spiro atoms. The molecule has 0 aliphatic carbocycles. The van der Waals surface area contributed by atoms with E-state index in [0.29, 0.717) is 0 Å². The molecular weight excluding hydrogens is 513 g/mol. The van der Waals surface area contributed by atoms with Crippen molar-refractivity contribution in [2.75, 3.05) is 0 Å². The van der Waals surface area contributed by atoms with Crippen LogP contribution in [0.5, 0.6) is 0 Å². The van der Waals surface area contributed by atoms with Crippen molar-refractivity contribution in [3.05, 3.63) is 34.9 Å². The number of rotatable bonds is 12. The fourth-order valence-corrected chi connectivity index (χ4v) is 22.9. The molecule has 2 rings (SSSR count). The molecule has 0 saturated heterocycles. The summed E-state index contributed by atoms with van der Waals surface area (Å²) in [7, 11) is 0. The Morgan fingerprint density at radius 3 is 1.96 bits per heavy atom. The third-order valence-electron chi connectivity index (χ3n) is 5.02. The van der Waals surface area contributed by atoms with Gasteiger partial charge in [-0.1, -0.05) is 0 Å². The number of benzene rings is 1. The van der Waals surface area contributed by atoms with E-state index in [1.807, 2.05) is 6.07 Å². The number of nitrogens with zero attached hydrogens (tertiary/aromatic N) is 1. The van der Waals surface area contributed by atoms with Crippen LogP contribution in [0.2, 0.25) is 13.3 Å². The van der Waals surface area contributed by atoms with Crippen molar-refractivity contribution in [1.82, 2.24) is 4.98 Å². The van der Waals surface area contributed by atoms with Crippen LogP contribution in [-0.4, -0.2) is 23.4 Å². The number of aromatic nitrogens is 1. The van der Waals surface area contributed by atoms with Crippen molar-refractivity contribution in [2.24, 2.45) is 0 Å².